The minimum absolute atomic E-state index is 0.194. The van der Waals surface area contributed by atoms with Crippen LogP contribution in [0.15, 0.2) is 49.1 Å². The van der Waals surface area contributed by atoms with E-state index in [4.69, 9.17) is 21.1 Å². The number of nitrogens with one attached hydrogen (secondary N) is 2. The van der Waals surface area contributed by atoms with E-state index in [-0.39, 0.29) is 5.69 Å². The van der Waals surface area contributed by atoms with Crippen molar-refractivity contribution in [3.8, 4) is 11.5 Å². The minimum atomic E-state index is -0.422. The molecule has 1 aromatic carbocycles. The Morgan fingerprint density at radius 2 is 1.96 bits per heavy atom. The van der Waals surface area contributed by atoms with Crippen molar-refractivity contribution < 1.29 is 14.3 Å². The second-order valence-corrected chi connectivity index (χ2v) is 6.05. The Morgan fingerprint density at radius 1 is 1.14 bits per heavy atom. The Labute approximate surface area is 166 Å². The summed E-state index contributed by atoms with van der Waals surface area (Å²) in [5.74, 6) is 0.918. The van der Waals surface area contributed by atoms with Crippen LogP contribution in [0.4, 0.5) is 11.5 Å². The number of nitrogens with zero attached hydrogens (tertiary/aromatic N) is 3. The number of rotatable bonds is 7. The number of amides is 1. The molecule has 2 heterocycles. The van der Waals surface area contributed by atoms with Gasteiger partial charge in [0, 0.05) is 37.1 Å². The smallest absolute Gasteiger partial charge is 0.274 e. The number of hydrogen-bond donors (Lipinski definition) is 2. The molecule has 9 heteroatoms. The molecule has 2 N–H and O–H groups in total. The number of anilines is 2. The Balaban J connectivity index is 1.74. The van der Waals surface area contributed by atoms with Crippen LogP contribution in [0, 0.1) is 0 Å². The van der Waals surface area contributed by atoms with Crippen LogP contribution in [0.3, 0.4) is 0 Å². The van der Waals surface area contributed by atoms with Gasteiger partial charge in [-0.2, -0.15) is 0 Å². The summed E-state index contributed by atoms with van der Waals surface area (Å²) >= 11 is 6.09. The molecule has 0 bridgehead atoms. The lowest BCUT2D eigenvalue weighted by atomic mass is 10.2. The summed E-state index contributed by atoms with van der Waals surface area (Å²) in [5, 5.41) is 6.26. The first-order chi connectivity index (χ1) is 13.6. The third-order valence-corrected chi connectivity index (χ3v) is 4.11. The van der Waals surface area contributed by atoms with E-state index in [0.717, 1.165) is 5.56 Å². The van der Waals surface area contributed by atoms with E-state index in [1.54, 1.807) is 30.6 Å². The average molecular weight is 400 g/mol. The van der Waals surface area contributed by atoms with Gasteiger partial charge in [-0.1, -0.05) is 17.7 Å². The van der Waals surface area contributed by atoms with E-state index < -0.39 is 5.91 Å². The molecule has 0 radical (unpaired) electrons. The topological polar surface area (TPSA) is 98.3 Å². The van der Waals surface area contributed by atoms with E-state index in [2.05, 4.69) is 25.6 Å². The van der Waals surface area contributed by atoms with Crippen molar-refractivity contribution in [2.24, 2.45) is 0 Å². The summed E-state index contributed by atoms with van der Waals surface area (Å²) in [6.07, 6.45) is 4.78. The van der Waals surface area contributed by atoms with Crippen molar-refractivity contribution in [3.05, 3.63) is 65.3 Å². The Kier molecular flexibility index (Phi) is 6.23. The third kappa shape index (κ3) is 4.66. The lowest BCUT2D eigenvalue weighted by molar-refractivity contribution is 0.102. The van der Waals surface area contributed by atoms with Crippen LogP contribution < -0.4 is 20.1 Å². The molecule has 28 heavy (non-hydrogen) atoms. The molecule has 0 spiro atoms. The average Bonchev–Trinajstić information content (AvgIpc) is 2.74. The predicted octanol–water partition coefficient (Wildman–Crippen LogP) is 3.41. The molecule has 3 aromatic rings. The second-order valence-electron chi connectivity index (χ2n) is 5.64. The highest BCUT2D eigenvalue weighted by Gasteiger charge is 2.15. The lowest BCUT2D eigenvalue weighted by Crippen LogP contribution is -2.15. The standard InChI is InChI=1S/C19H18ClN5O3/c1-27-16-7-14(17(28-2)6-13(16)20)25-19(26)15-8-18(24-11-23-15)22-10-12-4-3-5-21-9-12/h3-9,11H,10H2,1-2H3,(H,25,26)(H,22,23,24). The van der Waals surface area contributed by atoms with Gasteiger partial charge in [-0.3, -0.25) is 9.78 Å². The number of pyridine rings is 1. The largest absolute Gasteiger partial charge is 0.495 e. The van der Waals surface area contributed by atoms with Crippen LogP contribution in [-0.4, -0.2) is 35.1 Å². The number of aromatic nitrogens is 3. The number of benzene rings is 1. The molecule has 0 aliphatic rings. The second kappa shape index (κ2) is 9.01. The molecule has 8 nitrogen and oxygen atoms in total. The van der Waals surface area contributed by atoms with Crippen LogP contribution in [0.5, 0.6) is 11.5 Å². The minimum Gasteiger partial charge on any atom is -0.495 e. The van der Waals surface area contributed by atoms with Crippen LogP contribution in [0.2, 0.25) is 5.02 Å². The van der Waals surface area contributed by atoms with E-state index >= 15 is 0 Å². The molecule has 0 saturated carbocycles. The summed E-state index contributed by atoms with van der Waals surface area (Å²) in [6, 6.07) is 8.50. The van der Waals surface area contributed by atoms with Gasteiger partial charge in [0.25, 0.3) is 5.91 Å². The SMILES string of the molecule is COc1cc(NC(=O)c2cc(NCc3cccnc3)ncn2)c(OC)cc1Cl. The maximum absolute atomic E-state index is 12.6. The fraction of sp³-hybridized carbons (Fsp3) is 0.158. The van der Waals surface area contributed by atoms with Gasteiger partial charge in [0.1, 0.15) is 29.3 Å². The van der Waals surface area contributed by atoms with Crippen molar-refractivity contribution in [1.29, 1.82) is 0 Å². The Morgan fingerprint density at radius 3 is 2.68 bits per heavy atom. The van der Waals surface area contributed by atoms with Crippen molar-refractivity contribution in [2.75, 3.05) is 24.9 Å². The maximum atomic E-state index is 12.6. The summed E-state index contributed by atoms with van der Waals surface area (Å²) in [6.45, 7) is 0.522. The van der Waals surface area contributed by atoms with Gasteiger partial charge in [0.15, 0.2) is 0 Å². The van der Waals surface area contributed by atoms with Crippen molar-refractivity contribution in [1.82, 2.24) is 15.0 Å². The first-order valence-electron chi connectivity index (χ1n) is 8.28. The molecule has 3 rings (SSSR count). The van der Waals surface area contributed by atoms with E-state index in [9.17, 15) is 4.79 Å². The van der Waals surface area contributed by atoms with Gasteiger partial charge < -0.3 is 20.1 Å². The Bertz CT molecular complexity index is 969. The van der Waals surface area contributed by atoms with E-state index in [1.807, 2.05) is 12.1 Å². The fourth-order valence-corrected chi connectivity index (χ4v) is 2.65. The van der Waals surface area contributed by atoms with Gasteiger partial charge in [-0.15, -0.1) is 0 Å². The highest BCUT2D eigenvalue weighted by Crippen LogP contribution is 2.36. The van der Waals surface area contributed by atoms with Crippen molar-refractivity contribution >= 4 is 29.0 Å². The zero-order chi connectivity index (χ0) is 19.9. The molecule has 0 atom stereocenters. The fourth-order valence-electron chi connectivity index (χ4n) is 2.42. The van der Waals surface area contributed by atoms with Crippen molar-refractivity contribution in [2.45, 2.75) is 6.54 Å². The van der Waals surface area contributed by atoms with Gasteiger partial charge in [0.05, 0.1) is 24.9 Å². The predicted molar refractivity (Wildman–Crippen MR) is 106 cm³/mol. The van der Waals surface area contributed by atoms with Gasteiger partial charge in [-0.25, -0.2) is 9.97 Å². The third-order valence-electron chi connectivity index (χ3n) is 3.82. The van der Waals surface area contributed by atoms with Crippen LogP contribution in [-0.2, 0) is 6.54 Å². The van der Waals surface area contributed by atoms with Crippen LogP contribution in [0.25, 0.3) is 0 Å². The quantitative estimate of drug-likeness (QED) is 0.628. The number of carbonyl (C=O) groups is 1. The number of hydrogen-bond acceptors (Lipinski definition) is 7. The highest BCUT2D eigenvalue weighted by molar-refractivity contribution is 6.32. The van der Waals surface area contributed by atoms with Gasteiger partial charge in [-0.05, 0) is 11.6 Å². The number of carbonyl (C=O) groups excluding carboxylic acids is 1. The summed E-state index contributed by atoms with van der Waals surface area (Å²) < 4.78 is 10.5. The highest BCUT2D eigenvalue weighted by atomic mass is 35.5. The lowest BCUT2D eigenvalue weighted by Gasteiger charge is -2.13. The van der Waals surface area contributed by atoms with E-state index in [1.165, 1.54) is 20.5 Å². The molecule has 1 amide bonds. The molecular weight excluding hydrogens is 382 g/mol. The molecule has 0 aliphatic carbocycles. The summed E-state index contributed by atoms with van der Waals surface area (Å²) in [7, 11) is 2.98. The Hall–Kier alpha value is -3.39. The molecule has 0 fully saturated rings. The first-order valence-corrected chi connectivity index (χ1v) is 8.66. The van der Waals surface area contributed by atoms with Crippen LogP contribution in [0.1, 0.15) is 16.1 Å². The zero-order valence-corrected chi connectivity index (χ0v) is 16.0. The first kappa shape index (κ1) is 19.4. The van der Waals surface area contributed by atoms with Crippen LogP contribution >= 0.6 is 11.6 Å². The number of halogens is 1. The molecule has 0 saturated heterocycles. The van der Waals surface area contributed by atoms with E-state index in [0.29, 0.717) is 34.6 Å². The molecule has 0 aliphatic heterocycles. The zero-order valence-electron chi connectivity index (χ0n) is 15.3. The molecular formula is C19H18ClN5O3. The van der Waals surface area contributed by atoms with Crippen molar-refractivity contribution in [3.63, 3.8) is 0 Å². The number of ether oxygens (including phenoxy) is 2. The normalized spacial score (nSPS) is 10.2. The molecule has 2 aromatic heterocycles. The number of methoxy groups -OCH3 is 2. The molecule has 144 valence electrons. The summed E-state index contributed by atoms with van der Waals surface area (Å²) in [4.78, 5) is 24.8. The maximum Gasteiger partial charge on any atom is 0.274 e. The summed E-state index contributed by atoms with van der Waals surface area (Å²) in [5.41, 5.74) is 1.60. The van der Waals surface area contributed by atoms with Gasteiger partial charge >= 0.3 is 0 Å². The molecule has 0 unspecified atom stereocenters. The monoisotopic (exact) mass is 399 g/mol. The van der Waals surface area contributed by atoms with Gasteiger partial charge in [0.2, 0.25) is 0 Å².